The van der Waals surface area contributed by atoms with E-state index in [4.69, 9.17) is 19.9 Å². The van der Waals surface area contributed by atoms with E-state index >= 15 is 0 Å². The Hall–Kier alpha value is -6.55. The first kappa shape index (κ1) is 32.4. The molecular weight excluding hydrogens is 691 g/mol. The Kier molecular flexibility index (Phi) is 8.27. The third-order valence-corrected chi connectivity index (χ3v) is 9.84. The Morgan fingerprint density at radius 3 is 0.962 bits per heavy atom. The number of rotatable bonds is 4. The van der Waals surface area contributed by atoms with E-state index in [1.54, 1.807) is 0 Å². The van der Waals surface area contributed by atoms with Crippen molar-refractivity contribution in [3.63, 3.8) is 0 Å². The van der Waals surface area contributed by atoms with Crippen molar-refractivity contribution in [2.45, 2.75) is 0 Å². The van der Waals surface area contributed by atoms with Crippen LogP contribution in [0.15, 0.2) is 170 Å². The summed E-state index contributed by atoms with van der Waals surface area (Å²) in [4.78, 5) is 21.8. The average Bonchev–Trinajstić information content (AvgIpc) is 4.04. The molecule has 10 rings (SSSR count). The van der Waals surface area contributed by atoms with Crippen LogP contribution in [-0.4, -0.2) is 9.97 Å². The van der Waals surface area contributed by atoms with Gasteiger partial charge in [-0.25, -0.2) is 9.97 Å². The van der Waals surface area contributed by atoms with E-state index in [-0.39, 0.29) is 16.5 Å². The molecule has 8 aromatic rings. The quantitative estimate of drug-likeness (QED) is 0.170. The van der Waals surface area contributed by atoms with Crippen molar-refractivity contribution in [3.05, 3.63) is 181 Å². The van der Waals surface area contributed by atoms with Gasteiger partial charge in [0.1, 0.15) is 0 Å². The summed E-state index contributed by atoms with van der Waals surface area (Å²) in [5, 5.41) is 0. The zero-order valence-electron chi connectivity index (χ0n) is 28.4. The predicted octanol–water partition coefficient (Wildman–Crippen LogP) is 11.7. The van der Waals surface area contributed by atoms with E-state index in [9.17, 15) is 0 Å². The van der Waals surface area contributed by atoms with Crippen LogP contribution >= 0.6 is 0 Å². The van der Waals surface area contributed by atoms with Crippen molar-refractivity contribution in [1.82, 2.24) is 19.9 Å². The Labute approximate surface area is 317 Å². The second kappa shape index (κ2) is 13.5. The van der Waals surface area contributed by atoms with E-state index < -0.39 is 0 Å². The van der Waals surface area contributed by atoms with E-state index in [0.717, 1.165) is 100 Å². The molecule has 2 aliphatic rings. The van der Waals surface area contributed by atoms with Crippen molar-refractivity contribution >= 4 is 34.2 Å². The molecule has 0 spiro atoms. The number of aromatic nitrogens is 4. The molecule has 5 heterocycles. The van der Waals surface area contributed by atoms with Crippen molar-refractivity contribution < 1.29 is 16.5 Å². The monoisotopic (exact) mass is 720 g/mol. The van der Waals surface area contributed by atoms with Crippen molar-refractivity contribution in [2.75, 3.05) is 0 Å². The van der Waals surface area contributed by atoms with Crippen LogP contribution in [0.3, 0.4) is 0 Å². The SMILES string of the molecule is C1=Cc2nc1c(-c1ccccc1)c1ccc([n-]1)c(-c1ccccc1)c1nc(c(-c3ccccc3)c3ccc([n-]3)c2-c2ccccc2)-c2ccccc2-1.[Ni+2]. The molecule has 0 unspecified atom stereocenters. The molecule has 53 heavy (non-hydrogen) atoms. The molecule has 0 radical (unpaired) electrons. The third-order valence-electron chi connectivity index (χ3n) is 9.84. The Balaban J connectivity index is 0.00000372. The molecule has 8 bridgehead atoms. The minimum Gasteiger partial charge on any atom is -0.657 e. The molecule has 3 aromatic heterocycles. The van der Waals surface area contributed by atoms with Crippen molar-refractivity contribution in [3.8, 4) is 67.0 Å². The molecule has 0 fully saturated rings. The van der Waals surface area contributed by atoms with E-state index in [1.807, 2.05) is 24.3 Å². The standard InChI is InChI=1S/C48H30N4.Ni/c1-5-15-31(16-6-1)43-37-25-26-38(49-37)44(32-17-7-2-8-18-32)40-28-30-42(51-40)46(34-21-11-4-12-22-34)48-36-24-14-13-23-35(36)47(52-48)45(33-19-9-3-10-20-33)41-29-27-39(43)50-41;/h1-30H;/q-2;+2. The van der Waals surface area contributed by atoms with Crippen LogP contribution < -0.4 is 9.97 Å². The summed E-state index contributed by atoms with van der Waals surface area (Å²) in [7, 11) is 0. The van der Waals surface area contributed by atoms with Crippen molar-refractivity contribution in [1.29, 1.82) is 0 Å². The van der Waals surface area contributed by atoms with Gasteiger partial charge in [0.05, 0.1) is 22.8 Å². The van der Waals surface area contributed by atoms with Gasteiger partial charge in [-0.2, -0.15) is 0 Å². The van der Waals surface area contributed by atoms with Gasteiger partial charge in [-0.05, 0) is 56.7 Å². The number of hydrogen-bond donors (Lipinski definition) is 0. The van der Waals surface area contributed by atoms with E-state index in [2.05, 4.69) is 158 Å². The number of fused-ring (bicyclic) bond motifs is 11. The summed E-state index contributed by atoms with van der Waals surface area (Å²) in [6, 6.07) is 58.9. The fourth-order valence-electron chi connectivity index (χ4n) is 7.52. The van der Waals surface area contributed by atoms with Gasteiger partial charge in [-0.1, -0.05) is 170 Å². The average molecular weight is 721 g/mol. The van der Waals surface area contributed by atoms with Gasteiger partial charge in [0.15, 0.2) is 0 Å². The van der Waals surface area contributed by atoms with Crippen LogP contribution in [-0.2, 0) is 16.5 Å². The van der Waals surface area contributed by atoms with E-state index in [1.165, 1.54) is 0 Å². The Morgan fingerprint density at radius 1 is 0.302 bits per heavy atom. The number of hydrogen-bond acceptors (Lipinski definition) is 2. The van der Waals surface area contributed by atoms with Crippen LogP contribution in [0.2, 0.25) is 0 Å². The predicted molar refractivity (Wildman–Crippen MR) is 214 cm³/mol. The molecule has 252 valence electrons. The summed E-state index contributed by atoms with van der Waals surface area (Å²) in [5.74, 6) is 0. The smallest absolute Gasteiger partial charge is 0.657 e. The number of nitrogens with zero attached hydrogens (tertiary/aromatic N) is 4. The molecule has 0 atom stereocenters. The van der Waals surface area contributed by atoms with Crippen molar-refractivity contribution in [2.24, 2.45) is 0 Å². The molecular formula is C48H30N4Ni. The van der Waals surface area contributed by atoms with Gasteiger partial charge >= 0.3 is 16.5 Å². The topological polar surface area (TPSA) is 54.0 Å². The van der Waals surface area contributed by atoms with Crippen LogP contribution in [0.25, 0.3) is 101 Å². The number of benzene rings is 5. The zero-order chi connectivity index (χ0) is 34.4. The molecule has 0 aliphatic carbocycles. The molecule has 5 aromatic carbocycles. The summed E-state index contributed by atoms with van der Waals surface area (Å²) >= 11 is 0. The molecule has 0 saturated carbocycles. The largest absolute Gasteiger partial charge is 2.00 e. The van der Waals surface area contributed by atoms with E-state index in [0.29, 0.717) is 0 Å². The first-order valence-electron chi connectivity index (χ1n) is 17.5. The van der Waals surface area contributed by atoms with Gasteiger partial charge in [0.2, 0.25) is 0 Å². The second-order valence-electron chi connectivity index (χ2n) is 13.0. The van der Waals surface area contributed by atoms with Crippen LogP contribution in [0.1, 0.15) is 11.4 Å². The van der Waals surface area contributed by atoms with Crippen LogP contribution in [0.4, 0.5) is 0 Å². The maximum Gasteiger partial charge on any atom is 2.00 e. The second-order valence-corrected chi connectivity index (χ2v) is 13.0. The maximum absolute atomic E-state index is 5.59. The van der Waals surface area contributed by atoms with Gasteiger partial charge in [-0.15, -0.1) is 22.1 Å². The molecule has 5 heteroatoms. The molecule has 4 nitrogen and oxygen atoms in total. The Bertz CT molecular complexity index is 2630. The molecule has 2 aliphatic heterocycles. The van der Waals surface area contributed by atoms with Gasteiger partial charge in [0, 0.05) is 11.1 Å². The minimum absolute atomic E-state index is 0. The Morgan fingerprint density at radius 2 is 0.604 bits per heavy atom. The van der Waals surface area contributed by atoms with Gasteiger partial charge < -0.3 is 9.97 Å². The normalized spacial score (nSPS) is 11.5. The minimum atomic E-state index is 0. The van der Waals surface area contributed by atoms with Crippen LogP contribution in [0.5, 0.6) is 0 Å². The fourth-order valence-corrected chi connectivity index (χ4v) is 7.52. The summed E-state index contributed by atoms with van der Waals surface area (Å²) < 4.78 is 0. The van der Waals surface area contributed by atoms with Crippen LogP contribution in [0, 0.1) is 0 Å². The molecule has 0 amide bonds. The molecule has 0 saturated heterocycles. The fraction of sp³-hybridized carbons (Fsp3) is 0. The maximum atomic E-state index is 5.59. The zero-order valence-corrected chi connectivity index (χ0v) is 29.4. The summed E-state index contributed by atoms with van der Waals surface area (Å²) in [6.07, 6.45) is 4.22. The first-order valence-corrected chi connectivity index (χ1v) is 17.5. The molecule has 0 N–H and O–H groups in total. The summed E-state index contributed by atoms with van der Waals surface area (Å²) in [6.45, 7) is 0. The van der Waals surface area contributed by atoms with Gasteiger partial charge in [-0.3, -0.25) is 0 Å². The summed E-state index contributed by atoms with van der Waals surface area (Å²) in [5.41, 5.74) is 17.2. The third kappa shape index (κ3) is 5.63. The van der Waals surface area contributed by atoms with Gasteiger partial charge in [0.25, 0.3) is 0 Å². The first-order chi connectivity index (χ1) is 25.8.